The SMILES string of the molecule is COc1ccccc1Oc1ccc(NC(=O)c2cccc(NC(C)=O)c2)cc1. The Morgan fingerprint density at radius 2 is 1.50 bits per heavy atom. The van der Waals surface area contributed by atoms with Gasteiger partial charge < -0.3 is 20.1 Å². The van der Waals surface area contributed by atoms with Crippen LogP contribution in [0.5, 0.6) is 17.2 Å². The molecule has 0 atom stereocenters. The lowest BCUT2D eigenvalue weighted by Gasteiger charge is -2.11. The van der Waals surface area contributed by atoms with Crippen LogP contribution in [0.2, 0.25) is 0 Å². The molecule has 0 aliphatic rings. The number of benzene rings is 3. The lowest BCUT2D eigenvalue weighted by atomic mass is 10.2. The lowest BCUT2D eigenvalue weighted by Crippen LogP contribution is -2.13. The number of rotatable bonds is 6. The number of anilines is 2. The van der Waals surface area contributed by atoms with E-state index in [4.69, 9.17) is 9.47 Å². The minimum absolute atomic E-state index is 0.191. The van der Waals surface area contributed by atoms with E-state index in [0.29, 0.717) is 34.2 Å². The molecule has 0 aliphatic carbocycles. The van der Waals surface area contributed by atoms with Crippen molar-refractivity contribution >= 4 is 23.2 Å². The molecular formula is C22H20N2O4. The second kappa shape index (κ2) is 8.73. The van der Waals surface area contributed by atoms with Crippen LogP contribution >= 0.6 is 0 Å². The molecule has 3 rings (SSSR count). The summed E-state index contributed by atoms with van der Waals surface area (Å²) in [7, 11) is 1.59. The number of carbonyl (C=O) groups is 2. The van der Waals surface area contributed by atoms with E-state index in [1.54, 1.807) is 55.6 Å². The molecule has 0 bridgehead atoms. The standard InChI is InChI=1S/C22H20N2O4/c1-15(25)23-18-7-5-6-16(14-18)22(26)24-17-10-12-19(13-11-17)28-21-9-4-3-8-20(21)27-2/h3-14H,1-2H3,(H,23,25)(H,24,26). The second-order valence-electron chi connectivity index (χ2n) is 5.99. The van der Waals surface area contributed by atoms with E-state index < -0.39 is 0 Å². The fraction of sp³-hybridized carbons (Fsp3) is 0.0909. The lowest BCUT2D eigenvalue weighted by molar-refractivity contribution is -0.114. The number of hydrogen-bond donors (Lipinski definition) is 2. The summed E-state index contributed by atoms with van der Waals surface area (Å²) in [4.78, 5) is 23.6. The molecule has 3 aromatic carbocycles. The van der Waals surface area contributed by atoms with E-state index in [-0.39, 0.29) is 11.8 Å². The van der Waals surface area contributed by atoms with Crippen molar-refractivity contribution in [2.24, 2.45) is 0 Å². The average Bonchev–Trinajstić information content (AvgIpc) is 2.69. The van der Waals surface area contributed by atoms with Gasteiger partial charge in [-0.25, -0.2) is 0 Å². The van der Waals surface area contributed by atoms with Gasteiger partial charge in [-0.2, -0.15) is 0 Å². The molecule has 3 aromatic rings. The monoisotopic (exact) mass is 376 g/mol. The maximum absolute atomic E-state index is 12.4. The van der Waals surface area contributed by atoms with Gasteiger partial charge in [-0.3, -0.25) is 9.59 Å². The Bertz CT molecular complexity index is 984. The molecule has 6 heteroatoms. The molecule has 0 aromatic heterocycles. The summed E-state index contributed by atoms with van der Waals surface area (Å²) < 4.78 is 11.1. The van der Waals surface area contributed by atoms with Gasteiger partial charge in [0.1, 0.15) is 5.75 Å². The van der Waals surface area contributed by atoms with Crippen molar-refractivity contribution in [3.63, 3.8) is 0 Å². The van der Waals surface area contributed by atoms with Crippen LogP contribution in [0.15, 0.2) is 72.8 Å². The van der Waals surface area contributed by atoms with Crippen molar-refractivity contribution in [1.29, 1.82) is 0 Å². The van der Waals surface area contributed by atoms with Crippen molar-refractivity contribution in [3.8, 4) is 17.2 Å². The number of methoxy groups -OCH3 is 1. The Balaban J connectivity index is 1.67. The highest BCUT2D eigenvalue weighted by atomic mass is 16.5. The van der Waals surface area contributed by atoms with Crippen molar-refractivity contribution in [1.82, 2.24) is 0 Å². The van der Waals surface area contributed by atoms with E-state index >= 15 is 0 Å². The molecule has 2 N–H and O–H groups in total. The van der Waals surface area contributed by atoms with Gasteiger partial charge in [-0.1, -0.05) is 18.2 Å². The first-order chi connectivity index (χ1) is 13.5. The van der Waals surface area contributed by atoms with Crippen LogP contribution < -0.4 is 20.1 Å². The minimum Gasteiger partial charge on any atom is -0.493 e. The highest BCUT2D eigenvalue weighted by molar-refractivity contribution is 6.05. The molecule has 0 saturated heterocycles. The van der Waals surface area contributed by atoms with E-state index in [2.05, 4.69) is 10.6 Å². The predicted octanol–water partition coefficient (Wildman–Crippen LogP) is 4.70. The van der Waals surface area contributed by atoms with Gasteiger partial charge in [0.05, 0.1) is 7.11 Å². The quantitative estimate of drug-likeness (QED) is 0.654. The normalized spacial score (nSPS) is 10.1. The molecule has 0 fully saturated rings. The van der Waals surface area contributed by atoms with Crippen LogP contribution in [0.25, 0.3) is 0 Å². The molecule has 6 nitrogen and oxygen atoms in total. The molecule has 0 heterocycles. The maximum atomic E-state index is 12.4. The van der Waals surface area contributed by atoms with Gasteiger partial charge in [0, 0.05) is 23.9 Å². The summed E-state index contributed by atoms with van der Waals surface area (Å²) in [5, 5.41) is 5.48. The van der Waals surface area contributed by atoms with Crippen LogP contribution in [0, 0.1) is 0 Å². The predicted molar refractivity (Wildman–Crippen MR) is 108 cm³/mol. The van der Waals surface area contributed by atoms with E-state index in [0.717, 1.165) is 0 Å². The first kappa shape index (κ1) is 19.0. The summed E-state index contributed by atoms with van der Waals surface area (Å²) in [5.41, 5.74) is 1.64. The van der Waals surface area contributed by atoms with Crippen LogP contribution in [0.4, 0.5) is 11.4 Å². The number of ether oxygens (including phenoxy) is 2. The first-order valence-electron chi connectivity index (χ1n) is 8.65. The first-order valence-corrected chi connectivity index (χ1v) is 8.65. The Kier molecular flexibility index (Phi) is 5.91. The highest BCUT2D eigenvalue weighted by Gasteiger charge is 2.09. The molecule has 0 spiro atoms. The molecule has 0 radical (unpaired) electrons. The molecule has 28 heavy (non-hydrogen) atoms. The third kappa shape index (κ3) is 4.88. The minimum atomic E-state index is -0.273. The fourth-order valence-electron chi connectivity index (χ4n) is 2.58. The number of hydrogen-bond acceptors (Lipinski definition) is 4. The number of nitrogens with one attached hydrogen (secondary N) is 2. The van der Waals surface area contributed by atoms with Crippen molar-refractivity contribution in [2.75, 3.05) is 17.7 Å². The van der Waals surface area contributed by atoms with Gasteiger partial charge >= 0.3 is 0 Å². The fourth-order valence-corrected chi connectivity index (χ4v) is 2.58. The van der Waals surface area contributed by atoms with E-state index in [1.165, 1.54) is 6.92 Å². The number of para-hydroxylation sites is 2. The van der Waals surface area contributed by atoms with Crippen LogP contribution in [0.1, 0.15) is 17.3 Å². The largest absolute Gasteiger partial charge is 0.493 e. The third-order valence-electron chi connectivity index (χ3n) is 3.85. The molecule has 0 unspecified atom stereocenters. The van der Waals surface area contributed by atoms with Gasteiger partial charge in [-0.05, 0) is 54.6 Å². The van der Waals surface area contributed by atoms with Crippen molar-refractivity contribution in [3.05, 3.63) is 78.4 Å². The zero-order chi connectivity index (χ0) is 19.9. The number of amides is 2. The van der Waals surface area contributed by atoms with Crippen LogP contribution in [0.3, 0.4) is 0 Å². The van der Waals surface area contributed by atoms with Gasteiger partial charge in [0.15, 0.2) is 11.5 Å². The summed E-state index contributed by atoms with van der Waals surface area (Å²) in [6.45, 7) is 1.42. The van der Waals surface area contributed by atoms with Crippen LogP contribution in [-0.2, 0) is 4.79 Å². The summed E-state index contributed by atoms with van der Waals surface area (Å²) in [6, 6.07) is 21.1. The van der Waals surface area contributed by atoms with E-state index in [9.17, 15) is 9.59 Å². The second-order valence-corrected chi connectivity index (χ2v) is 5.99. The topological polar surface area (TPSA) is 76.7 Å². The maximum Gasteiger partial charge on any atom is 0.255 e. The Morgan fingerprint density at radius 1 is 0.786 bits per heavy atom. The number of carbonyl (C=O) groups excluding carboxylic acids is 2. The van der Waals surface area contributed by atoms with Crippen LogP contribution in [-0.4, -0.2) is 18.9 Å². The molecule has 142 valence electrons. The molecule has 2 amide bonds. The zero-order valence-electron chi connectivity index (χ0n) is 15.6. The Hall–Kier alpha value is -3.80. The summed E-state index contributed by atoms with van der Waals surface area (Å²) in [6.07, 6.45) is 0. The average molecular weight is 376 g/mol. The molecule has 0 aliphatic heterocycles. The smallest absolute Gasteiger partial charge is 0.255 e. The Morgan fingerprint density at radius 3 is 2.18 bits per heavy atom. The van der Waals surface area contributed by atoms with Gasteiger partial charge in [-0.15, -0.1) is 0 Å². The van der Waals surface area contributed by atoms with Gasteiger partial charge in [0.2, 0.25) is 5.91 Å². The molecule has 0 saturated carbocycles. The van der Waals surface area contributed by atoms with E-state index in [1.807, 2.05) is 24.3 Å². The van der Waals surface area contributed by atoms with Crippen molar-refractivity contribution < 1.29 is 19.1 Å². The van der Waals surface area contributed by atoms with Crippen molar-refractivity contribution in [2.45, 2.75) is 6.92 Å². The molecular weight excluding hydrogens is 356 g/mol. The highest BCUT2D eigenvalue weighted by Crippen LogP contribution is 2.31. The van der Waals surface area contributed by atoms with Gasteiger partial charge in [0.25, 0.3) is 5.91 Å². The summed E-state index contributed by atoms with van der Waals surface area (Å²) in [5.74, 6) is 1.40. The Labute approximate surface area is 163 Å². The summed E-state index contributed by atoms with van der Waals surface area (Å²) >= 11 is 0. The third-order valence-corrected chi connectivity index (χ3v) is 3.85. The zero-order valence-corrected chi connectivity index (χ0v) is 15.6.